The highest BCUT2D eigenvalue weighted by atomic mass is 15.1. The summed E-state index contributed by atoms with van der Waals surface area (Å²) in [5.74, 6) is 0. The lowest BCUT2D eigenvalue weighted by Gasteiger charge is -2.27. The summed E-state index contributed by atoms with van der Waals surface area (Å²) < 4.78 is 0. The zero-order valence-electron chi connectivity index (χ0n) is 19.8. The Morgan fingerprint density at radius 1 is 0.742 bits per heavy atom. The molecule has 0 aliphatic heterocycles. The predicted octanol–water partition coefficient (Wildman–Crippen LogP) is 8.22. The fourth-order valence-corrected chi connectivity index (χ4v) is 3.49. The minimum absolute atomic E-state index is 1.17. The van der Waals surface area contributed by atoms with Crippen LogP contribution in [-0.2, 0) is 0 Å². The predicted molar refractivity (Wildman–Crippen MR) is 139 cm³/mol. The van der Waals surface area contributed by atoms with Gasteiger partial charge in [0.25, 0.3) is 0 Å². The van der Waals surface area contributed by atoms with Crippen LogP contribution in [0.4, 0.5) is 5.69 Å². The largest absolute Gasteiger partial charge is 0.344 e. The second-order valence-electron chi connectivity index (χ2n) is 7.72. The molecule has 31 heavy (non-hydrogen) atoms. The third-order valence-corrected chi connectivity index (χ3v) is 5.64. The van der Waals surface area contributed by atoms with Gasteiger partial charge in [0.05, 0.1) is 0 Å². The zero-order valence-corrected chi connectivity index (χ0v) is 19.8. The van der Waals surface area contributed by atoms with E-state index in [-0.39, 0.29) is 0 Å². The van der Waals surface area contributed by atoms with E-state index in [1.807, 2.05) is 12.1 Å². The molecule has 0 amide bonds. The summed E-state index contributed by atoms with van der Waals surface area (Å²) in [4.78, 5) is 2.25. The Labute approximate surface area is 189 Å². The molecule has 0 bridgehead atoms. The zero-order chi connectivity index (χ0) is 22.8. The summed E-state index contributed by atoms with van der Waals surface area (Å²) in [5, 5.41) is 0. The lowest BCUT2D eigenvalue weighted by molar-refractivity contribution is 1.11. The molecule has 0 N–H and O–H groups in total. The molecule has 1 heteroatoms. The van der Waals surface area contributed by atoms with Crippen molar-refractivity contribution >= 4 is 11.3 Å². The molecular formula is C30H35N. The summed E-state index contributed by atoms with van der Waals surface area (Å²) in [5.41, 5.74) is 10.1. The molecule has 3 aromatic carbocycles. The van der Waals surface area contributed by atoms with Crippen LogP contribution in [0.5, 0.6) is 0 Å². The number of hydrogen-bond acceptors (Lipinski definition) is 1. The van der Waals surface area contributed by atoms with Gasteiger partial charge in [0.1, 0.15) is 0 Å². The monoisotopic (exact) mass is 409 g/mol. The molecule has 0 heterocycles. The first-order valence-electron chi connectivity index (χ1n) is 10.8. The Hall–Kier alpha value is -3.32. The van der Waals surface area contributed by atoms with E-state index in [1.54, 1.807) is 0 Å². The Morgan fingerprint density at radius 3 is 1.81 bits per heavy atom. The van der Waals surface area contributed by atoms with Crippen LogP contribution in [0.15, 0.2) is 103 Å². The number of likely N-dealkylation sites (N-methyl/N-ethyl adjacent to an activating group) is 1. The van der Waals surface area contributed by atoms with Gasteiger partial charge in [-0.15, -0.1) is 0 Å². The van der Waals surface area contributed by atoms with Gasteiger partial charge in [-0.2, -0.15) is 0 Å². The maximum Gasteiger partial charge on any atom is 0.0444 e. The molecule has 0 radical (unpaired) electrons. The van der Waals surface area contributed by atoms with Gasteiger partial charge in [-0.25, -0.2) is 0 Å². The van der Waals surface area contributed by atoms with Crippen molar-refractivity contribution in [3.63, 3.8) is 0 Å². The smallest absolute Gasteiger partial charge is 0.0444 e. The highest BCUT2D eigenvalue weighted by Gasteiger charge is 2.15. The molecule has 0 unspecified atom stereocenters. The van der Waals surface area contributed by atoms with Crippen LogP contribution in [0.25, 0.3) is 5.57 Å². The van der Waals surface area contributed by atoms with Gasteiger partial charge in [0, 0.05) is 24.0 Å². The average molecular weight is 410 g/mol. The minimum Gasteiger partial charge on any atom is -0.344 e. The van der Waals surface area contributed by atoms with Crippen molar-refractivity contribution in [3.05, 3.63) is 131 Å². The normalized spacial score (nSPS) is 11.4. The molecule has 0 atom stereocenters. The number of aryl methyl sites for hydroxylation is 3. The van der Waals surface area contributed by atoms with Crippen molar-refractivity contribution in [2.75, 3.05) is 11.9 Å². The van der Waals surface area contributed by atoms with Gasteiger partial charge in [-0.1, -0.05) is 91.5 Å². The average Bonchev–Trinajstić information content (AvgIpc) is 2.78. The summed E-state index contributed by atoms with van der Waals surface area (Å²) in [6.45, 7) is 14.5. The third-order valence-electron chi connectivity index (χ3n) is 5.64. The SMILES string of the molecule is C=C/C=C(\C(=C/C)N(C)c1cccc(C)c1C)c1ccccc1.Cc1ccccc1C. The van der Waals surface area contributed by atoms with Crippen molar-refractivity contribution < 1.29 is 0 Å². The fraction of sp³-hybridized carbons (Fsp3) is 0.200. The van der Waals surface area contributed by atoms with E-state index >= 15 is 0 Å². The molecule has 0 aliphatic rings. The first-order valence-corrected chi connectivity index (χ1v) is 10.8. The molecule has 0 aliphatic carbocycles. The van der Waals surface area contributed by atoms with Gasteiger partial charge in [0.15, 0.2) is 0 Å². The van der Waals surface area contributed by atoms with E-state index in [9.17, 15) is 0 Å². The molecule has 0 aromatic heterocycles. The Morgan fingerprint density at radius 2 is 1.29 bits per heavy atom. The van der Waals surface area contributed by atoms with Crippen molar-refractivity contribution in [1.82, 2.24) is 0 Å². The van der Waals surface area contributed by atoms with Crippen LogP contribution in [0.1, 0.15) is 34.7 Å². The number of anilines is 1. The van der Waals surface area contributed by atoms with E-state index in [2.05, 4.69) is 132 Å². The topological polar surface area (TPSA) is 3.24 Å². The van der Waals surface area contributed by atoms with Crippen molar-refractivity contribution in [2.45, 2.75) is 34.6 Å². The molecule has 0 saturated heterocycles. The summed E-state index contributed by atoms with van der Waals surface area (Å²) in [7, 11) is 2.12. The lowest BCUT2D eigenvalue weighted by atomic mass is 9.99. The van der Waals surface area contributed by atoms with E-state index in [0.717, 1.165) is 0 Å². The van der Waals surface area contributed by atoms with E-state index < -0.39 is 0 Å². The molecule has 160 valence electrons. The molecule has 0 fully saturated rings. The van der Waals surface area contributed by atoms with Crippen LogP contribution in [-0.4, -0.2) is 7.05 Å². The highest BCUT2D eigenvalue weighted by molar-refractivity contribution is 5.84. The van der Waals surface area contributed by atoms with Crippen LogP contribution in [0, 0.1) is 27.7 Å². The second-order valence-corrected chi connectivity index (χ2v) is 7.72. The van der Waals surface area contributed by atoms with Crippen molar-refractivity contribution in [2.24, 2.45) is 0 Å². The molecule has 3 rings (SSSR count). The quantitative estimate of drug-likeness (QED) is 0.384. The van der Waals surface area contributed by atoms with Crippen LogP contribution in [0.3, 0.4) is 0 Å². The summed E-state index contributed by atoms with van der Waals surface area (Å²) in [6, 6.07) is 25.2. The Kier molecular flexibility index (Phi) is 9.09. The maximum atomic E-state index is 3.88. The first-order chi connectivity index (χ1) is 14.9. The van der Waals surface area contributed by atoms with Crippen LogP contribution in [0.2, 0.25) is 0 Å². The maximum absolute atomic E-state index is 3.88. The molecule has 1 nitrogen and oxygen atoms in total. The van der Waals surface area contributed by atoms with Gasteiger partial charge < -0.3 is 4.90 Å². The second kappa shape index (κ2) is 11.8. The number of rotatable bonds is 5. The number of nitrogens with zero attached hydrogens (tertiary/aromatic N) is 1. The van der Waals surface area contributed by atoms with E-state index in [1.165, 1.54) is 44.8 Å². The third kappa shape index (κ3) is 6.33. The van der Waals surface area contributed by atoms with E-state index in [0.29, 0.717) is 0 Å². The Bertz CT molecular complexity index is 1030. The molecule has 0 saturated carbocycles. The highest BCUT2D eigenvalue weighted by Crippen LogP contribution is 2.31. The van der Waals surface area contributed by atoms with Crippen LogP contribution < -0.4 is 4.90 Å². The number of benzene rings is 3. The van der Waals surface area contributed by atoms with Gasteiger partial charge >= 0.3 is 0 Å². The van der Waals surface area contributed by atoms with E-state index in [4.69, 9.17) is 0 Å². The van der Waals surface area contributed by atoms with Crippen LogP contribution >= 0.6 is 0 Å². The summed E-state index contributed by atoms with van der Waals surface area (Å²) >= 11 is 0. The van der Waals surface area contributed by atoms with Gasteiger partial charge in [0.2, 0.25) is 0 Å². The number of hydrogen-bond donors (Lipinski definition) is 0. The standard InChI is InChI=1S/C22H25N.C8H10/c1-6-12-20(19-14-9-8-10-15-19)21(7-2)23(5)22-16-11-13-17(3)18(22)4;1-7-5-3-4-6-8(7)2/h6-16H,1H2,2-5H3;3-6H,1-2H3/b20-12-,21-7+;. The first kappa shape index (κ1) is 24.0. The molecular weight excluding hydrogens is 374 g/mol. The fourth-order valence-electron chi connectivity index (χ4n) is 3.49. The molecule has 3 aromatic rings. The van der Waals surface area contributed by atoms with Gasteiger partial charge in [-0.3, -0.25) is 0 Å². The van der Waals surface area contributed by atoms with Crippen molar-refractivity contribution in [1.29, 1.82) is 0 Å². The number of allylic oxidation sites excluding steroid dienone is 4. The minimum atomic E-state index is 1.17. The van der Waals surface area contributed by atoms with Gasteiger partial charge in [-0.05, 0) is 68.5 Å². The van der Waals surface area contributed by atoms with Crippen molar-refractivity contribution in [3.8, 4) is 0 Å². The summed E-state index contributed by atoms with van der Waals surface area (Å²) in [6.07, 6.45) is 6.08. The lowest BCUT2D eigenvalue weighted by Crippen LogP contribution is -2.19. The molecule has 0 spiro atoms. The Balaban J connectivity index is 0.000000357.